The number of rotatable bonds is 3. The van der Waals surface area contributed by atoms with Crippen LogP contribution in [-0.4, -0.2) is 73.0 Å². The number of nitrogens with one attached hydrogen (secondary N) is 1. The third-order valence-electron chi connectivity index (χ3n) is 6.03. The summed E-state index contributed by atoms with van der Waals surface area (Å²) in [6.45, 7) is 4.71. The molecular weight excluding hydrogens is 449 g/mol. The van der Waals surface area contributed by atoms with Gasteiger partial charge in [-0.1, -0.05) is 19.3 Å². The molecule has 3 fully saturated rings. The summed E-state index contributed by atoms with van der Waals surface area (Å²) < 4.78 is 5.91. The summed E-state index contributed by atoms with van der Waals surface area (Å²) in [4.78, 5) is 7.00. The molecule has 7 heteroatoms. The van der Waals surface area contributed by atoms with Crippen LogP contribution in [0.2, 0.25) is 0 Å². The van der Waals surface area contributed by atoms with E-state index in [0.717, 1.165) is 51.6 Å². The standard InChI is InChI=1S/C18H33N3O2S.HI/c1-19-16(20-13-17(15-22)7-10-23-11-8-17)21-9-12-24-18(14-21)5-3-2-4-6-18;/h22H,2-15H2,1H3,(H,19,20);1H. The lowest BCUT2D eigenvalue weighted by Gasteiger charge is -2.46. The molecule has 2 saturated heterocycles. The predicted octanol–water partition coefficient (Wildman–Crippen LogP) is 2.72. The lowest BCUT2D eigenvalue weighted by Crippen LogP contribution is -2.55. The smallest absolute Gasteiger partial charge is 0.193 e. The van der Waals surface area contributed by atoms with Crippen LogP contribution < -0.4 is 5.32 Å². The molecule has 0 aromatic rings. The van der Waals surface area contributed by atoms with Crippen molar-refractivity contribution < 1.29 is 9.84 Å². The molecule has 0 radical (unpaired) electrons. The van der Waals surface area contributed by atoms with Gasteiger partial charge in [0.25, 0.3) is 0 Å². The van der Waals surface area contributed by atoms with Gasteiger partial charge in [-0.15, -0.1) is 24.0 Å². The number of aliphatic hydroxyl groups excluding tert-OH is 1. The monoisotopic (exact) mass is 483 g/mol. The Kier molecular flexibility index (Phi) is 8.62. The SMILES string of the molecule is CN=C(NCC1(CO)CCOCC1)N1CCSC2(CCCCC2)C1.I. The molecule has 1 spiro atoms. The van der Waals surface area contributed by atoms with E-state index in [9.17, 15) is 5.11 Å². The van der Waals surface area contributed by atoms with Crippen molar-refractivity contribution in [2.75, 3.05) is 52.3 Å². The Morgan fingerprint density at radius 1 is 1.20 bits per heavy atom. The fraction of sp³-hybridized carbons (Fsp3) is 0.944. The van der Waals surface area contributed by atoms with Crippen LogP contribution in [0.1, 0.15) is 44.9 Å². The molecule has 25 heavy (non-hydrogen) atoms. The van der Waals surface area contributed by atoms with Crippen molar-refractivity contribution in [1.29, 1.82) is 0 Å². The lowest BCUT2D eigenvalue weighted by molar-refractivity contribution is -0.0134. The van der Waals surface area contributed by atoms with Crippen molar-refractivity contribution >= 4 is 41.7 Å². The molecule has 0 bridgehead atoms. The van der Waals surface area contributed by atoms with Crippen molar-refractivity contribution in [2.24, 2.45) is 10.4 Å². The van der Waals surface area contributed by atoms with Gasteiger partial charge in [-0.3, -0.25) is 4.99 Å². The number of ether oxygens (including phenoxy) is 1. The van der Waals surface area contributed by atoms with Crippen molar-refractivity contribution in [2.45, 2.75) is 49.7 Å². The maximum Gasteiger partial charge on any atom is 0.193 e. The Morgan fingerprint density at radius 2 is 1.92 bits per heavy atom. The van der Waals surface area contributed by atoms with Gasteiger partial charge >= 0.3 is 0 Å². The van der Waals surface area contributed by atoms with E-state index >= 15 is 0 Å². The van der Waals surface area contributed by atoms with Crippen LogP contribution in [0, 0.1) is 5.41 Å². The van der Waals surface area contributed by atoms with Gasteiger partial charge in [0.05, 0.1) is 6.61 Å². The van der Waals surface area contributed by atoms with Crippen molar-refractivity contribution in [1.82, 2.24) is 10.2 Å². The van der Waals surface area contributed by atoms with E-state index in [2.05, 4.69) is 27.0 Å². The first kappa shape index (κ1) is 21.6. The predicted molar refractivity (Wildman–Crippen MR) is 116 cm³/mol. The molecule has 2 N–H and O–H groups in total. The quantitative estimate of drug-likeness (QED) is 0.368. The van der Waals surface area contributed by atoms with Crippen LogP contribution in [0.15, 0.2) is 4.99 Å². The van der Waals surface area contributed by atoms with E-state index < -0.39 is 0 Å². The first-order valence-electron chi connectivity index (χ1n) is 9.49. The molecule has 0 aromatic heterocycles. The maximum atomic E-state index is 9.88. The summed E-state index contributed by atoms with van der Waals surface area (Å²) in [6, 6.07) is 0. The van der Waals surface area contributed by atoms with Crippen LogP contribution in [0.3, 0.4) is 0 Å². The fourth-order valence-electron chi connectivity index (χ4n) is 4.32. The largest absolute Gasteiger partial charge is 0.396 e. The van der Waals surface area contributed by atoms with Crippen LogP contribution in [0.25, 0.3) is 0 Å². The number of halogens is 1. The number of thioether (sulfide) groups is 1. The topological polar surface area (TPSA) is 57.1 Å². The molecule has 5 nitrogen and oxygen atoms in total. The van der Waals surface area contributed by atoms with Gasteiger partial charge in [0.2, 0.25) is 0 Å². The minimum atomic E-state index is -0.0543. The highest BCUT2D eigenvalue weighted by Crippen LogP contribution is 2.42. The molecule has 2 heterocycles. The average molecular weight is 483 g/mol. The molecule has 3 rings (SSSR count). The summed E-state index contributed by atoms with van der Waals surface area (Å²) in [5, 5.41) is 13.5. The number of guanidine groups is 1. The minimum absolute atomic E-state index is 0. The van der Waals surface area contributed by atoms with E-state index in [1.54, 1.807) is 0 Å². The Bertz CT molecular complexity index is 433. The number of aliphatic imine (C=N–C) groups is 1. The maximum absolute atomic E-state index is 9.88. The van der Waals surface area contributed by atoms with Gasteiger partial charge in [-0.2, -0.15) is 11.8 Å². The van der Waals surface area contributed by atoms with Gasteiger partial charge < -0.3 is 20.1 Å². The highest BCUT2D eigenvalue weighted by atomic mass is 127. The Balaban J connectivity index is 0.00000225. The number of hydrogen-bond donors (Lipinski definition) is 2. The van der Waals surface area contributed by atoms with Crippen LogP contribution in [0.5, 0.6) is 0 Å². The second kappa shape index (κ2) is 9.99. The zero-order valence-electron chi connectivity index (χ0n) is 15.5. The lowest BCUT2D eigenvalue weighted by atomic mass is 9.81. The van der Waals surface area contributed by atoms with Crippen LogP contribution in [-0.2, 0) is 4.74 Å². The van der Waals surface area contributed by atoms with Crippen molar-refractivity contribution in [3.63, 3.8) is 0 Å². The van der Waals surface area contributed by atoms with Crippen molar-refractivity contribution in [3.8, 4) is 0 Å². The second-order valence-electron chi connectivity index (χ2n) is 7.68. The first-order valence-corrected chi connectivity index (χ1v) is 10.5. The highest BCUT2D eigenvalue weighted by Gasteiger charge is 2.39. The molecule has 1 aliphatic carbocycles. The van der Waals surface area contributed by atoms with E-state index in [4.69, 9.17) is 4.74 Å². The molecule has 0 atom stereocenters. The summed E-state index contributed by atoms with van der Waals surface area (Å²) in [7, 11) is 1.88. The van der Waals surface area contributed by atoms with E-state index in [1.165, 1.54) is 37.9 Å². The number of aliphatic hydroxyl groups is 1. The molecule has 0 amide bonds. The number of hydrogen-bond acceptors (Lipinski definition) is 4. The molecule has 0 aromatic carbocycles. The molecule has 3 aliphatic rings. The van der Waals surface area contributed by atoms with E-state index in [1.807, 2.05) is 7.05 Å². The highest BCUT2D eigenvalue weighted by molar-refractivity contribution is 14.0. The minimum Gasteiger partial charge on any atom is -0.396 e. The Morgan fingerprint density at radius 3 is 2.56 bits per heavy atom. The summed E-state index contributed by atoms with van der Waals surface area (Å²) in [5.74, 6) is 2.21. The number of nitrogens with zero attached hydrogens (tertiary/aromatic N) is 2. The van der Waals surface area contributed by atoms with Gasteiger partial charge in [-0.25, -0.2) is 0 Å². The van der Waals surface area contributed by atoms with Gasteiger partial charge in [-0.05, 0) is 25.7 Å². The van der Waals surface area contributed by atoms with Crippen LogP contribution >= 0.6 is 35.7 Å². The molecule has 146 valence electrons. The first-order chi connectivity index (χ1) is 11.7. The molecular formula is C18H34IN3O2S. The second-order valence-corrected chi connectivity index (χ2v) is 9.25. The van der Waals surface area contributed by atoms with Crippen molar-refractivity contribution in [3.05, 3.63) is 0 Å². The Labute approximate surface area is 173 Å². The summed E-state index contributed by atoms with van der Waals surface area (Å²) >= 11 is 2.19. The average Bonchev–Trinajstić information content (AvgIpc) is 2.64. The molecule has 2 aliphatic heterocycles. The zero-order valence-corrected chi connectivity index (χ0v) is 18.6. The summed E-state index contributed by atoms with van der Waals surface area (Å²) in [6.07, 6.45) is 8.70. The van der Waals surface area contributed by atoms with Gasteiger partial charge in [0, 0.05) is 55.8 Å². The third kappa shape index (κ3) is 5.39. The van der Waals surface area contributed by atoms with Crippen LogP contribution in [0.4, 0.5) is 0 Å². The third-order valence-corrected chi connectivity index (χ3v) is 7.57. The fourth-order valence-corrected chi connectivity index (χ4v) is 5.89. The molecule has 1 saturated carbocycles. The Hall–Kier alpha value is 0.270. The normalized spacial score (nSPS) is 26.2. The van der Waals surface area contributed by atoms with Gasteiger partial charge in [0.1, 0.15) is 0 Å². The van der Waals surface area contributed by atoms with Gasteiger partial charge in [0.15, 0.2) is 5.96 Å². The van der Waals surface area contributed by atoms with E-state index in [-0.39, 0.29) is 36.0 Å². The summed E-state index contributed by atoms with van der Waals surface area (Å²) in [5.41, 5.74) is -0.0543. The zero-order chi connectivity index (χ0) is 16.9. The molecule has 0 unspecified atom stereocenters. The van der Waals surface area contributed by atoms with E-state index in [0.29, 0.717) is 4.75 Å².